The molecule has 3 N–H and O–H groups in total. The SMILES string of the molecule is Cn1nc(N2CCC(=O)NC2=O)c2ccc(C3CCN(CC4CCCN(S(=O)(=O)N5CCC(Nc6ncc7c(n6)N([C@@H]6CCCC(O)C6)C(=O)C76CC6)CC5)C4)CC3)cc21. The molecule has 2 aliphatic carbocycles. The van der Waals surface area contributed by atoms with E-state index in [1.807, 2.05) is 28.9 Å². The van der Waals surface area contributed by atoms with Gasteiger partial charge in [-0.25, -0.2) is 9.78 Å². The second-order valence-electron chi connectivity index (χ2n) is 18.4. The molecule has 18 heteroatoms. The summed E-state index contributed by atoms with van der Waals surface area (Å²) in [6.07, 6.45) is 11.6. The van der Waals surface area contributed by atoms with Gasteiger partial charge in [0.2, 0.25) is 17.8 Å². The summed E-state index contributed by atoms with van der Waals surface area (Å²) in [5.41, 5.74) is 2.63. The first-order chi connectivity index (χ1) is 29.0. The Kier molecular flexibility index (Phi) is 10.4. The molecule has 4 amide bonds. The lowest BCUT2D eigenvalue weighted by molar-refractivity contribution is -0.121. The molecule has 6 fully saturated rings. The van der Waals surface area contributed by atoms with Crippen LogP contribution in [0.5, 0.6) is 0 Å². The number of amides is 4. The Morgan fingerprint density at radius 1 is 0.917 bits per heavy atom. The highest BCUT2D eigenvalue weighted by Crippen LogP contribution is 2.57. The Labute approximate surface area is 351 Å². The number of hydrogen-bond acceptors (Lipinski definition) is 11. The number of rotatable bonds is 9. The van der Waals surface area contributed by atoms with Gasteiger partial charge in [-0.3, -0.25) is 29.4 Å². The molecular formula is C42H57N11O6S. The minimum atomic E-state index is -3.60. The molecule has 7 heterocycles. The lowest BCUT2D eigenvalue weighted by Gasteiger charge is -2.40. The summed E-state index contributed by atoms with van der Waals surface area (Å²) in [7, 11) is -1.71. The number of likely N-dealkylation sites (tertiary alicyclic amines) is 1. The minimum absolute atomic E-state index is 0.0165. The summed E-state index contributed by atoms with van der Waals surface area (Å²) < 4.78 is 33.2. The van der Waals surface area contributed by atoms with E-state index in [0.29, 0.717) is 75.5 Å². The van der Waals surface area contributed by atoms with Crippen molar-refractivity contribution >= 4 is 56.5 Å². The molecule has 17 nitrogen and oxygen atoms in total. The van der Waals surface area contributed by atoms with Gasteiger partial charge in [-0.15, -0.1) is 0 Å². The van der Waals surface area contributed by atoms with Crippen LogP contribution in [0.25, 0.3) is 10.9 Å². The molecule has 322 valence electrons. The van der Waals surface area contributed by atoms with Gasteiger partial charge in [-0.2, -0.15) is 27.1 Å². The van der Waals surface area contributed by atoms with E-state index in [9.17, 15) is 27.9 Å². The monoisotopic (exact) mass is 843 g/mol. The Morgan fingerprint density at radius 3 is 2.47 bits per heavy atom. The Bertz CT molecular complexity index is 2280. The van der Waals surface area contributed by atoms with Gasteiger partial charge in [0, 0.05) is 82.0 Å². The quantitative estimate of drug-likeness (QED) is 0.287. The molecule has 2 aromatic heterocycles. The second kappa shape index (κ2) is 15.6. The van der Waals surface area contributed by atoms with Crippen molar-refractivity contribution < 1.29 is 27.9 Å². The van der Waals surface area contributed by atoms with Gasteiger partial charge in [0.15, 0.2) is 5.82 Å². The zero-order valence-electron chi connectivity index (χ0n) is 34.5. The van der Waals surface area contributed by atoms with E-state index in [4.69, 9.17) is 4.98 Å². The van der Waals surface area contributed by atoms with Crippen molar-refractivity contribution in [3.05, 3.63) is 35.5 Å². The van der Waals surface area contributed by atoms with Crippen LogP contribution in [0.1, 0.15) is 101 Å². The Morgan fingerprint density at radius 2 is 1.72 bits per heavy atom. The van der Waals surface area contributed by atoms with Gasteiger partial charge in [0.25, 0.3) is 10.2 Å². The number of benzene rings is 1. The van der Waals surface area contributed by atoms with Gasteiger partial charge >= 0.3 is 6.03 Å². The summed E-state index contributed by atoms with van der Waals surface area (Å²) in [6, 6.07) is 5.91. The summed E-state index contributed by atoms with van der Waals surface area (Å²) >= 11 is 0. The zero-order valence-corrected chi connectivity index (χ0v) is 35.3. The number of aromatic nitrogens is 4. The van der Waals surface area contributed by atoms with Crippen LogP contribution in [0, 0.1) is 5.92 Å². The topological polar surface area (TPSA) is 189 Å². The van der Waals surface area contributed by atoms with Crippen molar-refractivity contribution in [1.82, 2.24) is 38.6 Å². The van der Waals surface area contributed by atoms with Gasteiger partial charge in [0.05, 0.1) is 17.0 Å². The standard InChI is InChI=1S/C42H57N11O6S/c1-48-35-22-29(7-8-33(35)37(47-48)52-21-13-36(55)45-41(52)57)28-9-17-49(18-10-28)25-27-4-3-16-51(26-27)60(58,59)50-19-11-30(12-20-50)44-40-43-24-34-38(46-40)53(39(56)42(34)14-15-42)31-5-2-6-32(54)23-31/h7-8,22,24,27-28,30-32,54H,2-6,9-21,23,25-26H2,1H3,(H,43,44,46)(H,45,55,57)/t27?,31-,32?/m1/s1. The number of nitrogens with one attached hydrogen (secondary N) is 2. The predicted molar refractivity (Wildman–Crippen MR) is 225 cm³/mol. The summed E-state index contributed by atoms with van der Waals surface area (Å²) in [5.74, 6) is 2.25. The summed E-state index contributed by atoms with van der Waals surface area (Å²) in [5, 5.41) is 21.8. The van der Waals surface area contributed by atoms with Crippen LogP contribution in [0.3, 0.4) is 0 Å². The molecule has 1 spiro atoms. The first-order valence-electron chi connectivity index (χ1n) is 22.2. The van der Waals surface area contributed by atoms with Gasteiger partial charge in [-0.05, 0) is 120 Å². The number of aryl methyl sites for hydroxylation is 1. The highest BCUT2D eigenvalue weighted by atomic mass is 32.2. The van der Waals surface area contributed by atoms with Crippen LogP contribution in [0.15, 0.2) is 24.4 Å². The van der Waals surface area contributed by atoms with E-state index >= 15 is 0 Å². The normalized spacial score (nSPS) is 27.5. The van der Waals surface area contributed by atoms with Crippen LogP contribution in [0.4, 0.5) is 22.4 Å². The first-order valence-corrected chi connectivity index (χ1v) is 23.6. The molecule has 10 rings (SSSR count). The van der Waals surface area contributed by atoms with E-state index < -0.39 is 27.8 Å². The molecule has 7 aliphatic rings. The van der Waals surface area contributed by atoms with Crippen LogP contribution in [-0.4, -0.2) is 135 Å². The summed E-state index contributed by atoms with van der Waals surface area (Å²) in [6.45, 7) is 5.06. The molecular weight excluding hydrogens is 787 g/mol. The number of hydrogen-bond donors (Lipinski definition) is 3. The molecule has 1 aromatic carbocycles. The first kappa shape index (κ1) is 39.9. The average molecular weight is 844 g/mol. The zero-order chi connectivity index (χ0) is 41.3. The molecule has 60 heavy (non-hydrogen) atoms. The minimum Gasteiger partial charge on any atom is -0.393 e. The molecule has 4 saturated heterocycles. The number of carbonyl (C=O) groups excluding carboxylic acids is 3. The van der Waals surface area contributed by atoms with E-state index in [-0.39, 0.29) is 36.2 Å². The maximum atomic E-state index is 14.0. The van der Waals surface area contributed by atoms with Crippen molar-refractivity contribution in [3.63, 3.8) is 0 Å². The lowest BCUT2D eigenvalue weighted by Crippen LogP contribution is -2.52. The van der Waals surface area contributed by atoms with Crippen LogP contribution in [-0.2, 0) is 32.3 Å². The van der Waals surface area contributed by atoms with E-state index in [2.05, 4.69) is 37.7 Å². The molecule has 3 aromatic rings. The molecule has 3 atom stereocenters. The van der Waals surface area contributed by atoms with Crippen LogP contribution < -0.4 is 20.4 Å². The van der Waals surface area contributed by atoms with Crippen LogP contribution in [0.2, 0.25) is 0 Å². The third-order valence-electron chi connectivity index (χ3n) is 14.5. The van der Waals surface area contributed by atoms with Crippen molar-refractivity contribution in [1.29, 1.82) is 0 Å². The summed E-state index contributed by atoms with van der Waals surface area (Å²) in [4.78, 5) is 53.3. The fraction of sp³-hybridized carbons (Fsp3) is 0.667. The number of fused-ring (bicyclic) bond motifs is 3. The number of carbonyl (C=O) groups is 3. The Balaban J connectivity index is 0.714. The van der Waals surface area contributed by atoms with Crippen LogP contribution >= 0.6 is 0 Å². The van der Waals surface area contributed by atoms with E-state index in [0.717, 1.165) is 93.9 Å². The second-order valence-corrected chi connectivity index (χ2v) is 20.3. The molecule has 2 unspecified atom stereocenters. The number of aliphatic hydroxyl groups is 1. The lowest BCUT2D eigenvalue weighted by atomic mass is 9.88. The van der Waals surface area contributed by atoms with Crippen molar-refractivity contribution in [2.45, 2.75) is 113 Å². The number of aliphatic hydroxyl groups excluding tert-OH is 1. The van der Waals surface area contributed by atoms with E-state index in [1.54, 1.807) is 13.5 Å². The molecule has 5 aliphatic heterocycles. The number of imide groups is 1. The molecule has 0 radical (unpaired) electrons. The number of anilines is 3. The van der Waals surface area contributed by atoms with Crippen molar-refractivity contribution in [2.75, 3.05) is 67.5 Å². The largest absolute Gasteiger partial charge is 0.393 e. The molecule has 0 bridgehead atoms. The van der Waals surface area contributed by atoms with Gasteiger partial charge < -0.3 is 15.3 Å². The maximum Gasteiger partial charge on any atom is 0.329 e. The van der Waals surface area contributed by atoms with Gasteiger partial charge in [-0.1, -0.05) is 6.07 Å². The third-order valence-corrected chi connectivity index (χ3v) is 16.5. The maximum absolute atomic E-state index is 14.0. The third kappa shape index (κ3) is 7.24. The number of urea groups is 1. The number of nitrogens with zero attached hydrogens (tertiary/aromatic N) is 9. The fourth-order valence-electron chi connectivity index (χ4n) is 11.0. The molecule has 2 saturated carbocycles. The Hall–Kier alpha value is -4.23. The van der Waals surface area contributed by atoms with Crippen molar-refractivity contribution in [3.8, 4) is 0 Å². The highest BCUT2D eigenvalue weighted by Gasteiger charge is 2.61. The number of piperidine rings is 3. The fourth-order valence-corrected chi connectivity index (χ4v) is 12.7. The smallest absolute Gasteiger partial charge is 0.329 e. The van der Waals surface area contributed by atoms with Gasteiger partial charge in [0.1, 0.15) is 5.82 Å². The highest BCUT2D eigenvalue weighted by molar-refractivity contribution is 7.86. The van der Waals surface area contributed by atoms with Crippen molar-refractivity contribution in [2.24, 2.45) is 13.0 Å². The average Bonchev–Trinajstić information content (AvgIpc) is 3.94. The van der Waals surface area contributed by atoms with E-state index in [1.165, 1.54) is 5.56 Å². The predicted octanol–water partition coefficient (Wildman–Crippen LogP) is 3.20.